The van der Waals surface area contributed by atoms with Crippen molar-refractivity contribution < 1.29 is 4.74 Å². The van der Waals surface area contributed by atoms with E-state index in [4.69, 9.17) is 4.74 Å². The number of ether oxygens (including phenoxy) is 1. The van der Waals surface area contributed by atoms with Crippen LogP contribution in [0.2, 0.25) is 0 Å². The first kappa shape index (κ1) is 14.0. The van der Waals surface area contributed by atoms with Gasteiger partial charge in [-0.2, -0.15) is 15.0 Å². The highest BCUT2D eigenvalue weighted by Crippen LogP contribution is 2.10. The van der Waals surface area contributed by atoms with Gasteiger partial charge in [-0.3, -0.25) is 0 Å². The van der Waals surface area contributed by atoms with E-state index in [1.54, 1.807) is 12.5 Å². The fourth-order valence-electron chi connectivity index (χ4n) is 1.56. The molecule has 0 radical (unpaired) electrons. The molecule has 0 aliphatic rings. The Morgan fingerprint density at radius 3 is 2.50 bits per heavy atom. The summed E-state index contributed by atoms with van der Waals surface area (Å²) in [5, 5.41) is 6.26. The van der Waals surface area contributed by atoms with Gasteiger partial charge in [-0.15, -0.1) is 0 Å². The van der Waals surface area contributed by atoms with Crippen molar-refractivity contribution in [3.63, 3.8) is 0 Å². The minimum atomic E-state index is 0.295. The van der Waals surface area contributed by atoms with Gasteiger partial charge in [0.05, 0.1) is 13.4 Å². The van der Waals surface area contributed by atoms with E-state index < -0.39 is 0 Å². The van der Waals surface area contributed by atoms with E-state index in [-0.39, 0.29) is 0 Å². The van der Waals surface area contributed by atoms with Crippen LogP contribution in [0.25, 0.3) is 0 Å². The quantitative estimate of drug-likeness (QED) is 0.744. The van der Waals surface area contributed by atoms with Crippen molar-refractivity contribution in [3.8, 4) is 6.01 Å². The molecule has 0 amide bonds. The molecule has 2 N–H and O–H groups in total. The molecule has 0 aliphatic carbocycles. The molecule has 0 unspecified atom stereocenters. The molecule has 2 rings (SSSR count). The molecule has 108 valence electrons. The molecule has 2 aromatic heterocycles. The lowest BCUT2D eigenvalue weighted by Crippen LogP contribution is -2.14. The predicted molar refractivity (Wildman–Crippen MR) is 75.9 cm³/mol. The van der Waals surface area contributed by atoms with Crippen LogP contribution in [0.3, 0.4) is 0 Å². The molecule has 0 fully saturated rings. The number of nitrogens with one attached hydrogen (secondary N) is 2. The van der Waals surface area contributed by atoms with Crippen molar-refractivity contribution in [1.29, 1.82) is 0 Å². The van der Waals surface area contributed by atoms with Gasteiger partial charge in [-0.05, 0) is 6.42 Å². The first-order chi connectivity index (χ1) is 9.81. The topological polar surface area (TPSA) is 89.8 Å². The van der Waals surface area contributed by atoms with Gasteiger partial charge in [0, 0.05) is 32.0 Å². The summed E-state index contributed by atoms with van der Waals surface area (Å²) in [5.41, 5.74) is 0. The molecule has 0 saturated carbocycles. The fourth-order valence-corrected chi connectivity index (χ4v) is 1.56. The molecule has 0 spiro atoms. The van der Waals surface area contributed by atoms with Crippen molar-refractivity contribution >= 4 is 11.9 Å². The number of hydrogen-bond donors (Lipinski definition) is 2. The highest BCUT2D eigenvalue weighted by atomic mass is 16.5. The van der Waals surface area contributed by atoms with Crippen molar-refractivity contribution in [2.45, 2.75) is 19.9 Å². The summed E-state index contributed by atoms with van der Waals surface area (Å²) in [7, 11) is 1.54. The normalized spacial score (nSPS) is 10.3. The minimum Gasteiger partial charge on any atom is -0.467 e. The SMILES string of the molecule is CCCNc1nc(NCCn2ccnc2)nc(OC)n1. The molecule has 0 atom stereocenters. The highest BCUT2D eigenvalue weighted by molar-refractivity contribution is 5.35. The van der Waals surface area contributed by atoms with Gasteiger partial charge in [0.25, 0.3) is 0 Å². The Kier molecular flexibility index (Phi) is 5.10. The van der Waals surface area contributed by atoms with Crippen LogP contribution in [0.5, 0.6) is 6.01 Å². The second kappa shape index (κ2) is 7.27. The van der Waals surface area contributed by atoms with Gasteiger partial charge in [0.2, 0.25) is 11.9 Å². The van der Waals surface area contributed by atoms with Gasteiger partial charge in [-0.1, -0.05) is 6.92 Å². The predicted octanol–water partition coefficient (Wildman–Crippen LogP) is 1.01. The Bertz CT molecular complexity index is 515. The summed E-state index contributed by atoms with van der Waals surface area (Å²) in [6, 6.07) is 0.295. The molecule has 0 bridgehead atoms. The van der Waals surface area contributed by atoms with Crippen LogP contribution in [-0.2, 0) is 6.54 Å². The van der Waals surface area contributed by atoms with E-state index in [1.807, 2.05) is 10.8 Å². The van der Waals surface area contributed by atoms with Crippen molar-refractivity contribution in [1.82, 2.24) is 24.5 Å². The molecular weight excluding hydrogens is 258 g/mol. The molecule has 0 aliphatic heterocycles. The van der Waals surface area contributed by atoms with Gasteiger partial charge in [0.1, 0.15) is 0 Å². The highest BCUT2D eigenvalue weighted by Gasteiger charge is 2.05. The van der Waals surface area contributed by atoms with Crippen LogP contribution in [-0.4, -0.2) is 44.7 Å². The largest absolute Gasteiger partial charge is 0.467 e. The number of anilines is 2. The molecule has 2 heterocycles. The molecule has 8 nitrogen and oxygen atoms in total. The van der Waals surface area contributed by atoms with Gasteiger partial charge < -0.3 is 19.9 Å². The summed E-state index contributed by atoms with van der Waals surface area (Å²) in [5.74, 6) is 1.01. The first-order valence-electron chi connectivity index (χ1n) is 6.55. The third-order valence-electron chi connectivity index (χ3n) is 2.54. The van der Waals surface area contributed by atoms with Crippen molar-refractivity contribution in [2.24, 2.45) is 0 Å². The van der Waals surface area contributed by atoms with Gasteiger partial charge in [-0.25, -0.2) is 4.98 Å². The van der Waals surface area contributed by atoms with Crippen LogP contribution in [0.4, 0.5) is 11.9 Å². The lowest BCUT2D eigenvalue weighted by molar-refractivity contribution is 0.379. The Labute approximate surface area is 117 Å². The zero-order chi connectivity index (χ0) is 14.2. The van der Waals surface area contributed by atoms with E-state index in [9.17, 15) is 0 Å². The van der Waals surface area contributed by atoms with Crippen LogP contribution in [0, 0.1) is 0 Å². The summed E-state index contributed by atoms with van der Waals surface area (Å²) in [4.78, 5) is 16.6. The maximum absolute atomic E-state index is 5.07. The number of methoxy groups -OCH3 is 1. The van der Waals surface area contributed by atoms with Crippen LogP contribution in [0.1, 0.15) is 13.3 Å². The van der Waals surface area contributed by atoms with Gasteiger partial charge >= 0.3 is 6.01 Å². The average Bonchev–Trinajstić information content (AvgIpc) is 2.98. The van der Waals surface area contributed by atoms with Crippen molar-refractivity contribution in [3.05, 3.63) is 18.7 Å². The van der Waals surface area contributed by atoms with E-state index in [2.05, 4.69) is 37.5 Å². The summed E-state index contributed by atoms with van der Waals surface area (Å²) < 4.78 is 7.04. The summed E-state index contributed by atoms with van der Waals surface area (Å²) in [6.07, 6.45) is 6.42. The molecule has 0 saturated heterocycles. The lowest BCUT2D eigenvalue weighted by atomic mass is 10.5. The Balaban J connectivity index is 1.94. The molecular formula is C12H19N7O. The van der Waals surface area contributed by atoms with E-state index >= 15 is 0 Å². The Hall–Kier alpha value is -2.38. The zero-order valence-electron chi connectivity index (χ0n) is 11.7. The molecule has 20 heavy (non-hydrogen) atoms. The molecule has 2 aromatic rings. The number of nitrogens with zero attached hydrogens (tertiary/aromatic N) is 5. The number of imidazole rings is 1. The average molecular weight is 277 g/mol. The lowest BCUT2D eigenvalue weighted by Gasteiger charge is -2.09. The third kappa shape index (κ3) is 4.08. The standard InChI is InChI=1S/C12H19N7O/c1-3-4-14-10-16-11(18-12(17-10)20-2)15-6-8-19-7-5-13-9-19/h5,7,9H,3-4,6,8H2,1-2H3,(H2,14,15,16,17,18). The monoisotopic (exact) mass is 277 g/mol. The minimum absolute atomic E-state index is 0.295. The first-order valence-corrected chi connectivity index (χ1v) is 6.55. The maximum Gasteiger partial charge on any atom is 0.322 e. The zero-order valence-corrected chi connectivity index (χ0v) is 11.7. The van der Waals surface area contributed by atoms with E-state index in [1.165, 1.54) is 7.11 Å². The second-order valence-electron chi connectivity index (χ2n) is 4.12. The maximum atomic E-state index is 5.07. The van der Waals surface area contributed by atoms with E-state index in [0.717, 1.165) is 19.5 Å². The second-order valence-corrected chi connectivity index (χ2v) is 4.12. The number of aromatic nitrogens is 5. The van der Waals surface area contributed by atoms with Crippen LogP contribution in [0.15, 0.2) is 18.7 Å². The van der Waals surface area contributed by atoms with Crippen LogP contribution >= 0.6 is 0 Å². The summed E-state index contributed by atoms with van der Waals surface area (Å²) >= 11 is 0. The molecule has 0 aromatic carbocycles. The summed E-state index contributed by atoms with van der Waals surface area (Å²) in [6.45, 7) is 4.36. The van der Waals surface area contributed by atoms with E-state index in [0.29, 0.717) is 24.5 Å². The Morgan fingerprint density at radius 2 is 1.90 bits per heavy atom. The van der Waals surface area contributed by atoms with Crippen molar-refractivity contribution in [2.75, 3.05) is 30.8 Å². The number of rotatable bonds is 8. The van der Waals surface area contributed by atoms with Crippen LogP contribution < -0.4 is 15.4 Å². The Morgan fingerprint density at radius 1 is 1.15 bits per heavy atom. The number of hydrogen-bond acceptors (Lipinski definition) is 7. The smallest absolute Gasteiger partial charge is 0.322 e. The fraction of sp³-hybridized carbons (Fsp3) is 0.500. The molecule has 8 heteroatoms. The van der Waals surface area contributed by atoms with Gasteiger partial charge in [0.15, 0.2) is 0 Å². The third-order valence-corrected chi connectivity index (χ3v) is 2.54.